The van der Waals surface area contributed by atoms with Gasteiger partial charge in [0.2, 0.25) is 0 Å². The second-order valence-electron chi connectivity index (χ2n) is 1.55. The van der Waals surface area contributed by atoms with Crippen LogP contribution in [0.4, 0.5) is 0 Å². The van der Waals surface area contributed by atoms with Crippen molar-refractivity contribution in [2.75, 3.05) is 12.8 Å². The van der Waals surface area contributed by atoms with Crippen LogP contribution < -0.4 is 0 Å². The molecule has 0 saturated carbocycles. The first-order valence-corrected chi connectivity index (χ1v) is 3.76. The van der Waals surface area contributed by atoms with Crippen LogP contribution in [0.15, 0.2) is 24.4 Å². The van der Waals surface area contributed by atoms with Crippen LogP contribution in [-0.2, 0) is 0 Å². The number of hydrogen-bond donors (Lipinski definition) is 0. The second kappa shape index (κ2) is 2.82. The molecule has 0 aliphatic carbocycles. The van der Waals surface area contributed by atoms with Gasteiger partial charge in [-0.15, -0.1) is 0 Å². The van der Waals surface area contributed by atoms with Gasteiger partial charge in [-0.1, -0.05) is 24.1 Å². The zero-order chi connectivity index (χ0) is 5.82. The van der Waals surface area contributed by atoms with E-state index in [0.29, 0.717) is 0 Å². The van der Waals surface area contributed by atoms with Crippen molar-refractivity contribution in [3.8, 4) is 0 Å². The van der Waals surface area contributed by atoms with Crippen molar-refractivity contribution in [3.05, 3.63) is 24.4 Å². The molecule has 0 aromatic rings. The molecule has 1 rings (SSSR count). The zero-order valence-corrected chi connectivity index (χ0v) is 5.69. The molecule has 0 spiro atoms. The lowest BCUT2D eigenvalue weighted by molar-refractivity contribution is 0.693. The average molecular weight is 127 g/mol. The Hall–Kier alpha value is -0.370. The largest absolute Gasteiger partial charge is 0.320 e. The van der Waals surface area contributed by atoms with Gasteiger partial charge in [0.25, 0.3) is 0 Å². The van der Waals surface area contributed by atoms with Crippen LogP contribution >= 0.6 is 11.9 Å². The van der Waals surface area contributed by atoms with Crippen LogP contribution in [0, 0.1) is 0 Å². The lowest BCUT2D eigenvalue weighted by Crippen LogP contribution is -2.08. The van der Waals surface area contributed by atoms with Gasteiger partial charge in [-0.25, -0.2) is 0 Å². The van der Waals surface area contributed by atoms with Gasteiger partial charge in [-0.05, 0) is 6.08 Å². The average Bonchev–Trinajstić information content (AvgIpc) is 1.90. The molecule has 0 N–H and O–H groups in total. The summed E-state index contributed by atoms with van der Waals surface area (Å²) in [5.74, 6) is 0. The van der Waals surface area contributed by atoms with E-state index in [2.05, 4.69) is 28.9 Å². The third-order valence-electron chi connectivity index (χ3n) is 1.02. The topological polar surface area (TPSA) is 3.24 Å². The van der Waals surface area contributed by atoms with E-state index in [9.17, 15) is 0 Å². The molecule has 0 unspecified atom stereocenters. The SMILES string of the molecule is CSN1C=CC=CC1. The van der Waals surface area contributed by atoms with Gasteiger partial charge in [-0.3, -0.25) is 0 Å². The Morgan fingerprint density at radius 2 is 2.38 bits per heavy atom. The summed E-state index contributed by atoms with van der Waals surface area (Å²) in [6, 6.07) is 0. The van der Waals surface area contributed by atoms with Crippen molar-refractivity contribution in [1.29, 1.82) is 0 Å². The highest BCUT2D eigenvalue weighted by Crippen LogP contribution is 2.07. The molecular formula is C6H9NS. The first-order valence-electron chi connectivity index (χ1n) is 2.57. The Bertz CT molecular complexity index is 118. The van der Waals surface area contributed by atoms with Crippen molar-refractivity contribution < 1.29 is 0 Å². The molecule has 0 aromatic carbocycles. The summed E-state index contributed by atoms with van der Waals surface area (Å²) in [6.45, 7) is 1.04. The van der Waals surface area contributed by atoms with Crippen molar-refractivity contribution in [1.82, 2.24) is 4.31 Å². The summed E-state index contributed by atoms with van der Waals surface area (Å²) in [5, 5.41) is 0. The van der Waals surface area contributed by atoms with E-state index in [-0.39, 0.29) is 0 Å². The Labute approximate surface area is 54.2 Å². The predicted molar refractivity (Wildman–Crippen MR) is 38.5 cm³/mol. The van der Waals surface area contributed by atoms with Crippen molar-refractivity contribution in [3.63, 3.8) is 0 Å². The quantitative estimate of drug-likeness (QED) is 0.493. The monoisotopic (exact) mass is 127 g/mol. The van der Waals surface area contributed by atoms with Crippen LogP contribution in [0.2, 0.25) is 0 Å². The molecule has 0 aromatic heterocycles. The fraction of sp³-hybridized carbons (Fsp3) is 0.333. The molecule has 0 radical (unpaired) electrons. The fourth-order valence-corrected chi connectivity index (χ4v) is 1.01. The molecule has 1 nitrogen and oxygen atoms in total. The third kappa shape index (κ3) is 1.30. The van der Waals surface area contributed by atoms with Gasteiger partial charge >= 0.3 is 0 Å². The molecule has 8 heavy (non-hydrogen) atoms. The lowest BCUT2D eigenvalue weighted by Gasteiger charge is -2.15. The Balaban J connectivity index is 2.40. The smallest absolute Gasteiger partial charge is 0.0472 e. The van der Waals surface area contributed by atoms with Crippen LogP contribution in [-0.4, -0.2) is 17.1 Å². The summed E-state index contributed by atoms with van der Waals surface area (Å²) in [6.07, 6.45) is 10.4. The minimum absolute atomic E-state index is 1.04. The second-order valence-corrected chi connectivity index (χ2v) is 2.39. The van der Waals surface area contributed by atoms with E-state index in [1.165, 1.54) is 0 Å². The van der Waals surface area contributed by atoms with Gasteiger partial charge in [0.1, 0.15) is 0 Å². The van der Waals surface area contributed by atoms with E-state index in [1.54, 1.807) is 11.9 Å². The summed E-state index contributed by atoms with van der Waals surface area (Å²) in [7, 11) is 0. The maximum Gasteiger partial charge on any atom is 0.0472 e. The van der Waals surface area contributed by atoms with Crippen molar-refractivity contribution in [2.45, 2.75) is 0 Å². The summed E-state index contributed by atoms with van der Waals surface area (Å²) in [4.78, 5) is 0. The van der Waals surface area contributed by atoms with E-state index in [4.69, 9.17) is 0 Å². The Morgan fingerprint density at radius 3 is 2.75 bits per heavy atom. The van der Waals surface area contributed by atoms with Gasteiger partial charge in [-0.2, -0.15) is 0 Å². The number of hydrogen-bond acceptors (Lipinski definition) is 2. The predicted octanol–water partition coefficient (Wildman–Crippen LogP) is 1.65. The van der Waals surface area contributed by atoms with Gasteiger partial charge < -0.3 is 4.31 Å². The molecule has 2 heteroatoms. The van der Waals surface area contributed by atoms with E-state index in [1.807, 2.05) is 6.08 Å². The normalized spacial score (nSPS) is 17.4. The molecule has 0 saturated heterocycles. The highest BCUT2D eigenvalue weighted by Gasteiger charge is 1.92. The first kappa shape index (κ1) is 5.76. The molecule has 0 fully saturated rings. The molecule has 0 bridgehead atoms. The third-order valence-corrected chi connectivity index (χ3v) is 1.76. The Kier molecular flexibility index (Phi) is 2.03. The van der Waals surface area contributed by atoms with Crippen LogP contribution in [0.1, 0.15) is 0 Å². The maximum atomic E-state index is 2.17. The molecule has 44 valence electrons. The fourth-order valence-electron chi connectivity index (χ4n) is 0.585. The number of allylic oxidation sites excluding steroid dienone is 2. The summed E-state index contributed by atoms with van der Waals surface area (Å²) in [5.41, 5.74) is 0. The molecular weight excluding hydrogens is 118 g/mol. The molecule has 1 aliphatic heterocycles. The molecule has 1 aliphatic rings. The van der Waals surface area contributed by atoms with Gasteiger partial charge in [0.05, 0.1) is 0 Å². The Morgan fingerprint density at radius 1 is 1.50 bits per heavy atom. The minimum Gasteiger partial charge on any atom is -0.320 e. The number of rotatable bonds is 1. The van der Waals surface area contributed by atoms with E-state index >= 15 is 0 Å². The minimum atomic E-state index is 1.04. The van der Waals surface area contributed by atoms with E-state index < -0.39 is 0 Å². The first-order chi connectivity index (χ1) is 3.93. The van der Waals surface area contributed by atoms with E-state index in [0.717, 1.165) is 6.54 Å². The van der Waals surface area contributed by atoms with Gasteiger partial charge in [0, 0.05) is 19.0 Å². The standard InChI is InChI=1S/C6H9NS/c1-8-7-5-3-2-4-6-7/h2-5H,6H2,1H3. The molecule has 0 amide bonds. The number of nitrogens with zero attached hydrogens (tertiary/aromatic N) is 1. The molecule has 1 heterocycles. The van der Waals surface area contributed by atoms with Gasteiger partial charge in [0.15, 0.2) is 0 Å². The van der Waals surface area contributed by atoms with Crippen molar-refractivity contribution in [2.24, 2.45) is 0 Å². The van der Waals surface area contributed by atoms with Crippen LogP contribution in [0.25, 0.3) is 0 Å². The highest BCUT2D eigenvalue weighted by molar-refractivity contribution is 7.96. The zero-order valence-electron chi connectivity index (χ0n) is 4.87. The van der Waals surface area contributed by atoms with Crippen LogP contribution in [0.5, 0.6) is 0 Å². The lowest BCUT2D eigenvalue weighted by atomic mass is 10.4. The highest BCUT2D eigenvalue weighted by atomic mass is 32.2. The molecule has 0 atom stereocenters. The maximum absolute atomic E-state index is 2.17. The summed E-state index contributed by atoms with van der Waals surface area (Å²) < 4.78 is 2.17. The van der Waals surface area contributed by atoms with Crippen molar-refractivity contribution >= 4 is 11.9 Å². The summed E-state index contributed by atoms with van der Waals surface area (Å²) >= 11 is 1.74. The van der Waals surface area contributed by atoms with Crippen LogP contribution in [0.3, 0.4) is 0 Å².